The van der Waals surface area contributed by atoms with Crippen LogP contribution in [-0.4, -0.2) is 35.7 Å². The van der Waals surface area contributed by atoms with Crippen LogP contribution in [0, 0.1) is 5.92 Å². The second kappa shape index (κ2) is 5.05. The van der Waals surface area contributed by atoms with Gasteiger partial charge in [0.25, 0.3) is 0 Å². The van der Waals surface area contributed by atoms with E-state index in [0.717, 1.165) is 0 Å². The molecule has 2 saturated carbocycles. The van der Waals surface area contributed by atoms with Crippen molar-refractivity contribution in [3.8, 4) is 0 Å². The summed E-state index contributed by atoms with van der Waals surface area (Å²) in [7, 11) is 4.32. The Kier molecular flexibility index (Phi) is 3.91. The first-order chi connectivity index (χ1) is 7.67. The standard InChI is InChI=1S/C14H27NO/c1-15(2)14(10-5-3-4-6-11-14)13(16)12-8-7-9-12/h12-13,16H,3-11H2,1-2H3. The van der Waals surface area contributed by atoms with Crippen molar-refractivity contribution in [1.29, 1.82) is 0 Å². The van der Waals surface area contributed by atoms with E-state index in [9.17, 15) is 5.11 Å². The van der Waals surface area contributed by atoms with E-state index in [0.29, 0.717) is 5.92 Å². The molecule has 0 saturated heterocycles. The Bertz CT molecular complexity index is 215. The van der Waals surface area contributed by atoms with Gasteiger partial charge in [-0.2, -0.15) is 0 Å². The van der Waals surface area contributed by atoms with Gasteiger partial charge in [-0.1, -0.05) is 32.1 Å². The molecule has 0 aromatic heterocycles. The van der Waals surface area contributed by atoms with Crippen LogP contribution in [0.15, 0.2) is 0 Å². The molecule has 2 rings (SSSR count). The summed E-state index contributed by atoms with van der Waals surface area (Å²) in [6.07, 6.45) is 11.4. The fourth-order valence-corrected chi connectivity index (χ4v) is 3.54. The Morgan fingerprint density at radius 2 is 1.56 bits per heavy atom. The molecular formula is C14H27NO. The fraction of sp³-hybridized carbons (Fsp3) is 1.00. The van der Waals surface area contributed by atoms with Gasteiger partial charge in [0.2, 0.25) is 0 Å². The summed E-state index contributed by atoms with van der Waals surface area (Å²) < 4.78 is 0. The highest BCUT2D eigenvalue weighted by molar-refractivity contribution is 5.00. The van der Waals surface area contributed by atoms with Crippen LogP contribution in [0.1, 0.15) is 57.8 Å². The third-order valence-corrected chi connectivity index (χ3v) is 5.01. The molecule has 0 spiro atoms. The van der Waals surface area contributed by atoms with Crippen LogP contribution in [0.3, 0.4) is 0 Å². The second-order valence-electron chi connectivity index (χ2n) is 6.05. The number of rotatable bonds is 3. The minimum atomic E-state index is -0.0886. The zero-order valence-electron chi connectivity index (χ0n) is 10.9. The molecule has 0 heterocycles. The minimum absolute atomic E-state index is 0.0849. The van der Waals surface area contributed by atoms with E-state index >= 15 is 0 Å². The first-order valence-electron chi connectivity index (χ1n) is 7.02. The lowest BCUT2D eigenvalue weighted by molar-refractivity contribution is -0.0700. The third kappa shape index (κ3) is 2.14. The van der Waals surface area contributed by atoms with Gasteiger partial charge in [-0.3, -0.25) is 0 Å². The first-order valence-corrected chi connectivity index (χ1v) is 7.02. The first kappa shape index (κ1) is 12.4. The van der Waals surface area contributed by atoms with Crippen molar-refractivity contribution in [2.45, 2.75) is 69.4 Å². The maximum atomic E-state index is 10.7. The molecule has 2 heteroatoms. The van der Waals surface area contributed by atoms with E-state index in [1.807, 2.05) is 0 Å². The lowest BCUT2D eigenvalue weighted by Crippen LogP contribution is -2.57. The van der Waals surface area contributed by atoms with E-state index in [1.54, 1.807) is 0 Å². The van der Waals surface area contributed by atoms with Gasteiger partial charge in [0.1, 0.15) is 0 Å². The van der Waals surface area contributed by atoms with E-state index in [-0.39, 0.29) is 11.6 Å². The lowest BCUT2D eigenvalue weighted by atomic mass is 9.70. The van der Waals surface area contributed by atoms with Crippen LogP contribution < -0.4 is 0 Å². The number of aliphatic hydroxyl groups excluding tert-OH is 1. The van der Waals surface area contributed by atoms with Crippen molar-refractivity contribution in [1.82, 2.24) is 4.90 Å². The molecule has 16 heavy (non-hydrogen) atoms. The predicted octanol–water partition coefficient (Wildman–Crippen LogP) is 2.80. The summed E-state index contributed by atoms with van der Waals surface area (Å²) in [4.78, 5) is 2.32. The number of likely N-dealkylation sites (N-methyl/N-ethyl adjacent to an activating group) is 1. The van der Waals surface area contributed by atoms with Crippen LogP contribution in [0.25, 0.3) is 0 Å². The molecule has 2 aliphatic carbocycles. The highest BCUT2D eigenvalue weighted by Crippen LogP contribution is 2.42. The fourth-order valence-electron chi connectivity index (χ4n) is 3.54. The van der Waals surface area contributed by atoms with Crippen molar-refractivity contribution in [3.63, 3.8) is 0 Å². The Morgan fingerprint density at radius 3 is 1.94 bits per heavy atom. The second-order valence-corrected chi connectivity index (χ2v) is 6.05. The summed E-state index contributed by atoms with van der Waals surface area (Å²) in [5, 5.41) is 10.7. The average molecular weight is 225 g/mol. The summed E-state index contributed by atoms with van der Waals surface area (Å²) in [6, 6.07) is 0. The molecule has 0 amide bonds. The zero-order chi connectivity index (χ0) is 11.6. The van der Waals surface area contributed by atoms with Crippen molar-refractivity contribution in [2.75, 3.05) is 14.1 Å². The smallest absolute Gasteiger partial charge is 0.0751 e. The van der Waals surface area contributed by atoms with E-state index in [1.165, 1.54) is 57.8 Å². The Morgan fingerprint density at radius 1 is 1.00 bits per heavy atom. The summed E-state index contributed by atoms with van der Waals surface area (Å²) in [5.41, 5.74) is 0.0849. The molecule has 0 radical (unpaired) electrons. The monoisotopic (exact) mass is 225 g/mol. The van der Waals surface area contributed by atoms with Gasteiger partial charge in [0.15, 0.2) is 0 Å². The largest absolute Gasteiger partial charge is 0.391 e. The Balaban J connectivity index is 2.11. The number of hydrogen-bond acceptors (Lipinski definition) is 2. The van der Waals surface area contributed by atoms with Crippen molar-refractivity contribution >= 4 is 0 Å². The molecule has 1 unspecified atom stereocenters. The molecule has 0 bridgehead atoms. The van der Waals surface area contributed by atoms with E-state index < -0.39 is 0 Å². The highest BCUT2D eigenvalue weighted by Gasteiger charge is 2.44. The van der Waals surface area contributed by atoms with Gasteiger partial charge >= 0.3 is 0 Å². The van der Waals surface area contributed by atoms with Gasteiger partial charge in [0, 0.05) is 5.54 Å². The molecule has 1 N–H and O–H groups in total. The summed E-state index contributed by atoms with van der Waals surface area (Å²) in [5.74, 6) is 0.584. The van der Waals surface area contributed by atoms with Gasteiger partial charge < -0.3 is 10.0 Å². The van der Waals surface area contributed by atoms with Gasteiger partial charge in [-0.15, -0.1) is 0 Å². The predicted molar refractivity (Wildman–Crippen MR) is 67.5 cm³/mol. The topological polar surface area (TPSA) is 23.5 Å². The molecule has 0 aromatic rings. The van der Waals surface area contributed by atoms with Gasteiger partial charge in [-0.05, 0) is 45.7 Å². The maximum absolute atomic E-state index is 10.7. The summed E-state index contributed by atoms with van der Waals surface area (Å²) in [6.45, 7) is 0. The van der Waals surface area contributed by atoms with Crippen LogP contribution >= 0.6 is 0 Å². The van der Waals surface area contributed by atoms with Gasteiger partial charge in [0.05, 0.1) is 6.10 Å². The average Bonchev–Trinajstić information content (AvgIpc) is 2.40. The minimum Gasteiger partial charge on any atom is -0.391 e. The Hall–Kier alpha value is -0.0800. The lowest BCUT2D eigenvalue weighted by Gasteiger charge is -2.48. The number of hydrogen-bond donors (Lipinski definition) is 1. The molecule has 2 fully saturated rings. The van der Waals surface area contributed by atoms with Crippen molar-refractivity contribution < 1.29 is 5.11 Å². The number of aliphatic hydroxyl groups is 1. The van der Waals surface area contributed by atoms with Crippen LogP contribution in [-0.2, 0) is 0 Å². The molecule has 2 nitrogen and oxygen atoms in total. The maximum Gasteiger partial charge on any atom is 0.0751 e. The third-order valence-electron chi connectivity index (χ3n) is 5.01. The normalized spacial score (nSPS) is 28.5. The van der Waals surface area contributed by atoms with Crippen molar-refractivity contribution in [2.24, 2.45) is 5.92 Å². The number of nitrogens with zero attached hydrogens (tertiary/aromatic N) is 1. The van der Waals surface area contributed by atoms with Crippen LogP contribution in [0.2, 0.25) is 0 Å². The van der Waals surface area contributed by atoms with Crippen molar-refractivity contribution in [3.05, 3.63) is 0 Å². The Labute approximate surface area is 100 Å². The molecule has 94 valence electrons. The molecule has 2 aliphatic rings. The highest BCUT2D eigenvalue weighted by atomic mass is 16.3. The van der Waals surface area contributed by atoms with E-state index in [2.05, 4.69) is 19.0 Å². The molecule has 0 aliphatic heterocycles. The van der Waals surface area contributed by atoms with Crippen LogP contribution in [0.4, 0.5) is 0 Å². The van der Waals surface area contributed by atoms with E-state index in [4.69, 9.17) is 0 Å². The zero-order valence-corrected chi connectivity index (χ0v) is 10.9. The quantitative estimate of drug-likeness (QED) is 0.747. The summed E-state index contributed by atoms with van der Waals surface area (Å²) >= 11 is 0. The molecule has 1 atom stereocenters. The van der Waals surface area contributed by atoms with Gasteiger partial charge in [-0.25, -0.2) is 0 Å². The van der Waals surface area contributed by atoms with Crippen LogP contribution in [0.5, 0.6) is 0 Å². The SMILES string of the molecule is CN(C)C1(C(O)C2CCC2)CCCCCC1. The molecular weight excluding hydrogens is 198 g/mol. The molecule has 0 aromatic carbocycles.